The molecule has 0 saturated heterocycles. The van der Waals surface area contributed by atoms with Gasteiger partial charge in [0.2, 0.25) is 0 Å². The number of hydrogen-bond donors (Lipinski definition) is 1. The molecule has 20 heavy (non-hydrogen) atoms. The third-order valence-electron chi connectivity index (χ3n) is 4.55. The molecule has 2 atom stereocenters. The Labute approximate surface area is 122 Å². The molecule has 0 fully saturated rings. The molecule has 2 aromatic carbocycles. The normalized spacial score (nSPS) is 22.1. The van der Waals surface area contributed by atoms with Crippen molar-refractivity contribution in [3.63, 3.8) is 0 Å². The second-order valence-corrected chi connectivity index (χ2v) is 5.82. The molecule has 0 amide bonds. The summed E-state index contributed by atoms with van der Waals surface area (Å²) >= 11 is 0. The summed E-state index contributed by atoms with van der Waals surface area (Å²) in [6.07, 6.45) is 3.57. The quantitative estimate of drug-likeness (QED) is 0.885. The number of benzene rings is 2. The minimum atomic E-state index is 0.579. The van der Waals surface area contributed by atoms with Gasteiger partial charge < -0.3 is 5.32 Å². The molecule has 104 valence electrons. The van der Waals surface area contributed by atoms with E-state index < -0.39 is 0 Å². The topological polar surface area (TPSA) is 12.0 Å². The molecule has 0 spiro atoms. The monoisotopic (exact) mass is 265 g/mol. The number of hydrogen-bond acceptors (Lipinski definition) is 1. The fraction of sp³-hybridized carbons (Fsp3) is 0.368. The Balaban J connectivity index is 1.79. The Morgan fingerprint density at radius 3 is 2.40 bits per heavy atom. The fourth-order valence-electron chi connectivity index (χ4n) is 3.30. The molecule has 1 aliphatic heterocycles. The van der Waals surface area contributed by atoms with E-state index in [1.807, 2.05) is 0 Å². The van der Waals surface area contributed by atoms with Gasteiger partial charge in [-0.2, -0.15) is 0 Å². The first-order chi connectivity index (χ1) is 9.86. The van der Waals surface area contributed by atoms with Crippen molar-refractivity contribution in [2.45, 2.75) is 38.8 Å². The highest BCUT2D eigenvalue weighted by atomic mass is 14.9. The van der Waals surface area contributed by atoms with Gasteiger partial charge in [0.15, 0.2) is 0 Å². The highest BCUT2D eigenvalue weighted by Crippen LogP contribution is 2.25. The Morgan fingerprint density at radius 1 is 0.950 bits per heavy atom. The van der Waals surface area contributed by atoms with Gasteiger partial charge in [0, 0.05) is 12.6 Å². The van der Waals surface area contributed by atoms with E-state index in [0.717, 1.165) is 18.9 Å². The van der Waals surface area contributed by atoms with Crippen LogP contribution in [0.2, 0.25) is 0 Å². The Hall–Kier alpha value is -1.60. The third kappa shape index (κ3) is 2.94. The van der Waals surface area contributed by atoms with E-state index in [2.05, 4.69) is 66.8 Å². The van der Waals surface area contributed by atoms with Crippen molar-refractivity contribution < 1.29 is 0 Å². The van der Waals surface area contributed by atoms with E-state index in [1.54, 1.807) is 0 Å². The molecule has 1 heteroatoms. The zero-order chi connectivity index (χ0) is 13.8. The SMILES string of the molecule is CCC1Cc2ccccc2CNC1Cc1ccccc1. The predicted molar refractivity (Wildman–Crippen MR) is 84.7 cm³/mol. The van der Waals surface area contributed by atoms with Crippen LogP contribution < -0.4 is 5.32 Å². The standard InChI is InChI=1S/C19H23N/c1-2-16-13-17-10-6-7-11-18(17)14-20-19(16)12-15-8-4-3-5-9-15/h3-11,16,19-20H,2,12-14H2,1H3. The molecule has 0 aromatic heterocycles. The molecule has 2 unspecified atom stereocenters. The van der Waals surface area contributed by atoms with Gasteiger partial charge in [-0.3, -0.25) is 0 Å². The van der Waals surface area contributed by atoms with Crippen LogP contribution in [0.1, 0.15) is 30.0 Å². The zero-order valence-electron chi connectivity index (χ0n) is 12.2. The maximum Gasteiger partial charge on any atom is 0.0211 e. The maximum atomic E-state index is 3.79. The van der Waals surface area contributed by atoms with Crippen molar-refractivity contribution >= 4 is 0 Å². The molecule has 3 rings (SSSR count). The summed E-state index contributed by atoms with van der Waals surface area (Å²) in [5.41, 5.74) is 4.44. The lowest BCUT2D eigenvalue weighted by Crippen LogP contribution is -2.36. The van der Waals surface area contributed by atoms with Gasteiger partial charge in [-0.05, 0) is 35.4 Å². The van der Waals surface area contributed by atoms with E-state index in [-0.39, 0.29) is 0 Å². The first-order valence-corrected chi connectivity index (χ1v) is 7.71. The lowest BCUT2D eigenvalue weighted by atomic mass is 9.87. The van der Waals surface area contributed by atoms with Crippen molar-refractivity contribution in [1.29, 1.82) is 0 Å². The summed E-state index contributed by atoms with van der Waals surface area (Å²) in [5.74, 6) is 0.721. The minimum absolute atomic E-state index is 0.579. The van der Waals surface area contributed by atoms with Crippen molar-refractivity contribution in [2.75, 3.05) is 0 Å². The molecule has 2 aromatic rings. The summed E-state index contributed by atoms with van der Waals surface area (Å²) < 4.78 is 0. The van der Waals surface area contributed by atoms with Gasteiger partial charge in [-0.25, -0.2) is 0 Å². The van der Waals surface area contributed by atoms with Gasteiger partial charge in [0.25, 0.3) is 0 Å². The van der Waals surface area contributed by atoms with Gasteiger partial charge in [0.05, 0.1) is 0 Å². The van der Waals surface area contributed by atoms with Crippen LogP contribution in [0.3, 0.4) is 0 Å². The molecule has 0 saturated carbocycles. The van der Waals surface area contributed by atoms with E-state index in [1.165, 1.54) is 29.5 Å². The largest absolute Gasteiger partial charge is 0.309 e. The Morgan fingerprint density at radius 2 is 1.65 bits per heavy atom. The molecule has 1 N–H and O–H groups in total. The summed E-state index contributed by atoms with van der Waals surface area (Å²) in [6.45, 7) is 3.32. The van der Waals surface area contributed by atoms with Gasteiger partial charge in [0.1, 0.15) is 0 Å². The summed E-state index contributed by atoms with van der Waals surface area (Å²) in [5, 5.41) is 3.79. The number of rotatable bonds is 3. The van der Waals surface area contributed by atoms with Crippen molar-refractivity contribution in [3.05, 3.63) is 71.3 Å². The smallest absolute Gasteiger partial charge is 0.0211 e. The van der Waals surface area contributed by atoms with Crippen LogP contribution in [0.25, 0.3) is 0 Å². The number of nitrogens with one attached hydrogen (secondary N) is 1. The maximum absolute atomic E-state index is 3.79. The summed E-state index contributed by atoms with van der Waals surface area (Å²) in [7, 11) is 0. The van der Waals surface area contributed by atoms with E-state index in [4.69, 9.17) is 0 Å². The third-order valence-corrected chi connectivity index (χ3v) is 4.55. The molecule has 1 nitrogen and oxygen atoms in total. The Kier molecular flexibility index (Phi) is 4.17. The fourth-order valence-corrected chi connectivity index (χ4v) is 3.30. The molecule has 0 aliphatic carbocycles. The predicted octanol–water partition coefficient (Wildman–Crippen LogP) is 3.97. The van der Waals surface area contributed by atoms with Crippen LogP contribution in [0.4, 0.5) is 0 Å². The van der Waals surface area contributed by atoms with Crippen LogP contribution >= 0.6 is 0 Å². The van der Waals surface area contributed by atoms with E-state index in [0.29, 0.717) is 6.04 Å². The highest BCUT2D eigenvalue weighted by Gasteiger charge is 2.24. The Bertz CT molecular complexity index is 547. The first kappa shape index (κ1) is 13.4. The first-order valence-electron chi connectivity index (χ1n) is 7.71. The second-order valence-electron chi connectivity index (χ2n) is 5.82. The van der Waals surface area contributed by atoms with Crippen molar-refractivity contribution in [2.24, 2.45) is 5.92 Å². The lowest BCUT2D eigenvalue weighted by Gasteiger charge is -2.25. The molecular weight excluding hydrogens is 242 g/mol. The average Bonchev–Trinajstić information content (AvgIpc) is 2.68. The van der Waals surface area contributed by atoms with Crippen LogP contribution in [0, 0.1) is 5.92 Å². The number of fused-ring (bicyclic) bond motifs is 1. The van der Waals surface area contributed by atoms with Crippen LogP contribution in [-0.4, -0.2) is 6.04 Å². The van der Waals surface area contributed by atoms with Crippen LogP contribution in [-0.2, 0) is 19.4 Å². The molecule has 0 radical (unpaired) electrons. The van der Waals surface area contributed by atoms with Crippen LogP contribution in [0.5, 0.6) is 0 Å². The molecular formula is C19H23N. The second kappa shape index (κ2) is 6.23. The van der Waals surface area contributed by atoms with Crippen molar-refractivity contribution in [1.82, 2.24) is 5.32 Å². The van der Waals surface area contributed by atoms with Gasteiger partial charge >= 0.3 is 0 Å². The lowest BCUT2D eigenvalue weighted by molar-refractivity contribution is 0.349. The van der Waals surface area contributed by atoms with Gasteiger partial charge in [-0.1, -0.05) is 67.9 Å². The summed E-state index contributed by atoms with van der Waals surface area (Å²) in [4.78, 5) is 0. The van der Waals surface area contributed by atoms with Crippen molar-refractivity contribution in [3.8, 4) is 0 Å². The zero-order valence-corrected chi connectivity index (χ0v) is 12.2. The van der Waals surface area contributed by atoms with Gasteiger partial charge in [-0.15, -0.1) is 0 Å². The highest BCUT2D eigenvalue weighted by molar-refractivity contribution is 5.29. The summed E-state index contributed by atoms with van der Waals surface area (Å²) in [6, 6.07) is 20.3. The van der Waals surface area contributed by atoms with Crippen LogP contribution in [0.15, 0.2) is 54.6 Å². The average molecular weight is 265 g/mol. The van der Waals surface area contributed by atoms with E-state index in [9.17, 15) is 0 Å². The van der Waals surface area contributed by atoms with E-state index >= 15 is 0 Å². The molecule has 1 heterocycles. The molecule has 1 aliphatic rings. The minimum Gasteiger partial charge on any atom is -0.309 e. The molecule has 0 bridgehead atoms.